The molecule has 1 aromatic rings. The Labute approximate surface area is 136 Å². The molecule has 0 aliphatic rings. The van der Waals surface area contributed by atoms with Crippen LogP contribution in [-0.4, -0.2) is 31.9 Å². The molecule has 0 aliphatic carbocycles. The second kappa shape index (κ2) is 17.9. The van der Waals surface area contributed by atoms with E-state index in [1.807, 2.05) is 58.0 Å². The lowest BCUT2D eigenvalue weighted by molar-refractivity contribution is -0.128. The maximum Gasteiger partial charge on any atom is 0.293 e. The van der Waals surface area contributed by atoms with Gasteiger partial charge in [-0.3, -0.25) is 4.79 Å². The molecule has 0 saturated carbocycles. The predicted molar refractivity (Wildman–Crippen MR) is 93.2 cm³/mol. The molecule has 0 spiro atoms. The molecule has 0 aromatic heterocycles. The predicted octanol–water partition coefficient (Wildman–Crippen LogP) is 3.97. The molecule has 22 heavy (non-hydrogen) atoms. The molecule has 0 aliphatic heterocycles. The number of ether oxygens (including phenoxy) is 1. The number of carbonyl (C=O) groups is 1. The Kier molecular flexibility index (Phi) is 18.8. The molecule has 0 amide bonds. The normalized spacial score (nSPS) is 10.5. The fourth-order valence-electron chi connectivity index (χ4n) is 1.13. The maximum absolute atomic E-state index is 9.18. The van der Waals surface area contributed by atoms with Crippen molar-refractivity contribution in [2.75, 3.05) is 19.3 Å². The molecule has 6 heteroatoms. The fourth-order valence-corrected chi connectivity index (χ4v) is 2.41. The Morgan fingerprint density at radius 2 is 1.82 bits per heavy atom. The zero-order chi connectivity index (χ0) is 17.2. The number of hydrogen-bond acceptors (Lipinski definition) is 5. The summed E-state index contributed by atoms with van der Waals surface area (Å²) in [6.07, 6.45) is 0.939. The van der Waals surface area contributed by atoms with Crippen LogP contribution in [0.15, 0.2) is 30.3 Å². The maximum atomic E-state index is 9.18. The van der Waals surface area contributed by atoms with Gasteiger partial charge in [0.1, 0.15) is 5.75 Å². The van der Waals surface area contributed by atoms with Gasteiger partial charge in [0.2, 0.25) is 8.38 Å². The lowest BCUT2D eigenvalue weighted by Crippen LogP contribution is -2.10. The lowest BCUT2D eigenvalue weighted by Gasteiger charge is -2.19. The van der Waals surface area contributed by atoms with Crippen molar-refractivity contribution < 1.29 is 18.6 Å². The molecule has 5 nitrogen and oxygen atoms in total. The van der Waals surface area contributed by atoms with Crippen molar-refractivity contribution in [2.24, 2.45) is 5.73 Å². The summed E-state index contributed by atoms with van der Waals surface area (Å²) in [5.41, 5.74) is 5.51. The SMILES string of the molecule is CC.CC(C)OP(CCN)Oc1ccccc1.CCOC=O. The molecule has 0 bridgehead atoms. The summed E-state index contributed by atoms with van der Waals surface area (Å²) in [5, 5.41) is 0. The van der Waals surface area contributed by atoms with Crippen LogP contribution in [0.1, 0.15) is 34.6 Å². The topological polar surface area (TPSA) is 70.8 Å². The van der Waals surface area contributed by atoms with Crippen LogP contribution < -0.4 is 10.3 Å². The summed E-state index contributed by atoms with van der Waals surface area (Å²) in [7, 11) is -0.901. The summed E-state index contributed by atoms with van der Waals surface area (Å²) in [5.74, 6) is 0.845. The fraction of sp³-hybridized carbons (Fsp3) is 0.562. The van der Waals surface area contributed by atoms with E-state index in [2.05, 4.69) is 4.74 Å². The number of nitrogens with two attached hydrogens (primary N) is 1. The minimum atomic E-state index is -0.901. The largest absolute Gasteiger partial charge is 0.468 e. The van der Waals surface area contributed by atoms with Crippen LogP contribution in [-0.2, 0) is 14.1 Å². The third-order valence-electron chi connectivity index (χ3n) is 1.83. The average molecular weight is 331 g/mol. The van der Waals surface area contributed by atoms with Gasteiger partial charge in [-0.2, -0.15) is 0 Å². The van der Waals surface area contributed by atoms with E-state index in [0.717, 1.165) is 11.9 Å². The van der Waals surface area contributed by atoms with Gasteiger partial charge in [-0.25, -0.2) is 0 Å². The highest BCUT2D eigenvalue weighted by molar-refractivity contribution is 7.47. The molecule has 1 atom stereocenters. The molecule has 1 unspecified atom stereocenters. The van der Waals surface area contributed by atoms with Crippen molar-refractivity contribution in [1.29, 1.82) is 0 Å². The number of para-hydroxylation sites is 1. The van der Waals surface area contributed by atoms with Crippen molar-refractivity contribution in [3.05, 3.63) is 30.3 Å². The van der Waals surface area contributed by atoms with Gasteiger partial charge in [0.05, 0.1) is 12.7 Å². The third-order valence-corrected chi connectivity index (χ3v) is 3.52. The van der Waals surface area contributed by atoms with E-state index in [4.69, 9.17) is 14.8 Å². The van der Waals surface area contributed by atoms with E-state index in [1.165, 1.54) is 0 Å². The van der Waals surface area contributed by atoms with Crippen molar-refractivity contribution in [3.8, 4) is 5.75 Å². The number of rotatable bonds is 8. The average Bonchev–Trinajstić information content (AvgIpc) is 2.51. The molecule has 1 rings (SSSR count). The van der Waals surface area contributed by atoms with Gasteiger partial charge in [0.15, 0.2) is 0 Å². The van der Waals surface area contributed by atoms with Crippen LogP contribution >= 0.6 is 8.38 Å². The first-order chi connectivity index (χ1) is 10.6. The van der Waals surface area contributed by atoms with Gasteiger partial charge in [-0.15, -0.1) is 0 Å². The Bertz CT molecular complexity index is 336. The van der Waals surface area contributed by atoms with Crippen LogP contribution in [0.25, 0.3) is 0 Å². The van der Waals surface area contributed by atoms with Crippen LogP contribution in [0.3, 0.4) is 0 Å². The van der Waals surface area contributed by atoms with Gasteiger partial charge in [0.25, 0.3) is 6.47 Å². The Balaban J connectivity index is 0. The first kappa shape index (κ1) is 23.1. The summed E-state index contributed by atoms with van der Waals surface area (Å²) in [6.45, 7) is 11.3. The molecule has 0 heterocycles. The summed E-state index contributed by atoms with van der Waals surface area (Å²) in [4.78, 5) is 9.18. The van der Waals surface area contributed by atoms with Gasteiger partial charge < -0.3 is 19.5 Å². The summed E-state index contributed by atoms with van der Waals surface area (Å²) < 4.78 is 15.5. The van der Waals surface area contributed by atoms with E-state index >= 15 is 0 Å². The summed E-state index contributed by atoms with van der Waals surface area (Å²) in [6, 6.07) is 9.70. The van der Waals surface area contributed by atoms with Crippen molar-refractivity contribution in [3.63, 3.8) is 0 Å². The van der Waals surface area contributed by atoms with E-state index in [9.17, 15) is 4.79 Å². The lowest BCUT2D eigenvalue weighted by atomic mass is 10.3. The Hall–Kier alpha value is -1.16. The van der Waals surface area contributed by atoms with E-state index < -0.39 is 8.38 Å². The van der Waals surface area contributed by atoms with Crippen molar-refractivity contribution in [1.82, 2.24) is 0 Å². The number of hydrogen-bond donors (Lipinski definition) is 1. The summed E-state index contributed by atoms with van der Waals surface area (Å²) >= 11 is 0. The minimum absolute atomic E-state index is 0.173. The van der Waals surface area contributed by atoms with Gasteiger partial charge >= 0.3 is 0 Å². The standard InChI is InChI=1S/C11H18NO2P.C3H6O2.C2H6/c1-10(2)13-15(9-8-12)14-11-6-4-3-5-7-11;1-2-5-3-4;1-2/h3-7,10H,8-9,12H2,1-2H3;3H,2H2,1H3;1-2H3. The highest BCUT2D eigenvalue weighted by Crippen LogP contribution is 2.39. The minimum Gasteiger partial charge on any atom is -0.468 e. The molecule has 0 fully saturated rings. The Morgan fingerprint density at radius 3 is 2.18 bits per heavy atom. The molecule has 0 saturated heterocycles. The zero-order valence-corrected chi connectivity index (χ0v) is 15.2. The van der Waals surface area contributed by atoms with E-state index in [-0.39, 0.29) is 6.10 Å². The molecule has 1 aromatic carbocycles. The monoisotopic (exact) mass is 331 g/mol. The zero-order valence-electron chi connectivity index (χ0n) is 14.3. The second-order valence-electron chi connectivity index (χ2n) is 3.96. The number of carbonyl (C=O) groups excluding carboxylic acids is 1. The smallest absolute Gasteiger partial charge is 0.293 e. The quantitative estimate of drug-likeness (QED) is 0.576. The van der Waals surface area contributed by atoms with Crippen LogP contribution in [0, 0.1) is 0 Å². The molecular formula is C16H30NO4P. The first-order valence-electron chi connectivity index (χ1n) is 7.56. The van der Waals surface area contributed by atoms with Gasteiger partial charge in [-0.05, 0) is 32.9 Å². The highest BCUT2D eigenvalue weighted by atomic mass is 31.2. The van der Waals surface area contributed by atoms with Crippen LogP contribution in [0.2, 0.25) is 0 Å². The molecular weight excluding hydrogens is 301 g/mol. The first-order valence-corrected chi connectivity index (χ1v) is 8.92. The molecule has 128 valence electrons. The molecule has 2 N–H and O–H groups in total. The van der Waals surface area contributed by atoms with Crippen LogP contribution in [0.5, 0.6) is 5.75 Å². The van der Waals surface area contributed by atoms with Crippen molar-refractivity contribution >= 4 is 14.8 Å². The second-order valence-corrected chi connectivity index (χ2v) is 5.46. The van der Waals surface area contributed by atoms with Gasteiger partial charge in [0, 0.05) is 12.7 Å². The highest BCUT2D eigenvalue weighted by Gasteiger charge is 2.13. The molecule has 0 radical (unpaired) electrons. The van der Waals surface area contributed by atoms with Crippen molar-refractivity contribution in [2.45, 2.75) is 40.7 Å². The third kappa shape index (κ3) is 15.2. The van der Waals surface area contributed by atoms with Crippen LogP contribution in [0.4, 0.5) is 0 Å². The number of benzene rings is 1. The van der Waals surface area contributed by atoms with E-state index in [1.54, 1.807) is 6.92 Å². The Morgan fingerprint density at radius 1 is 1.23 bits per heavy atom. The van der Waals surface area contributed by atoms with E-state index in [0.29, 0.717) is 19.6 Å². The van der Waals surface area contributed by atoms with Gasteiger partial charge in [-0.1, -0.05) is 32.0 Å².